The average Bonchev–Trinajstić information content (AvgIpc) is 3.14. The smallest absolute Gasteiger partial charge is 0.231 e. The molecule has 0 bridgehead atoms. The molecule has 24 heavy (non-hydrogen) atoms. The molecule has 0 unspecified atom stereocenters. The maximum Gasteiger partial charge on any atom is 0.231 e. The van der Waals surface area contributed by atoms with E-state index in [1.165, 1.54) is 11.8 Å². The summed E-state index contributed by atoms with van der Waals surface area (Å²) in [5.74, 6) is 0.320. The first-order chi connectivity index (χ1) is 11.7. The SMILES string of the molecule is O=C(CSc1ccccc1Cl)N[C@H](c1ccccc1)c1cccs1. The molecule has 0 aliphatic rings. The second-order valence-electron chi connectivity index (χ2n) is 5.15. The molecule has 5 heteroatoms. The van der Waals surface area contributed by atoms with Gasteiger partial charge in [-0.05, 0) is 29.1 Å². The minimum atomic E-state index is -0.120. The van der Waals surface area contributed by atoms with Crippen LogP contribution in [0.3, 0.4) is 0 Å². The number of benzene rings is 2. The molecule has 122 valence electrons. The Morgan fingerprint density at radius 3 is 2.50 bits per heavy atom. The van der Waals surface area contributed by atoms with Crippen molar-refractivity contribution < 1.29 is 4.79 Å². The van der Waals surface area contributed by atoms with E-state index in [2.05, 4.69) is 5.32 Å². The van der Waals surface area contributed by atoms with Crippen molar-refractivity contribution >= 4 is 40.6 Å². The third-order valence-corrected chi connectivity index (χ3v) is 5.91. The number of thiophene rings is 1. The van der Waals surface area contributed by atoms with Crippen molar-refractivity contribution in [3.63, 3.8) is 0 Å². The van der Waals surface area contributed by atoms with Crippen molar-refractivity contribution in [3.8, 4) is 0 Å². The van der Waals surface area contributed by atoms with E-state index in [1.807, 2.05) is 72.1 Å². The van der Waals surface area contributed by atoms with Gasteiger partial charge in [0.1, 0.15) is 0 Å². The van der Waals surface area contributed by atoms with E-state index in [1.54, 1.807) is 11.3 Å². The molecule has 0 spiro atoms. The van der Waals surface area contributed by atoms with Crippen molar-refractivity contribution in [3.05, 3.63) is 87.6 Å². The average molecular weight is 374 g/mol. The fourth-order valence-corrected chi connectivity index (χ4v) is 4.18. The van der Waals surface area contributed by atoms with E-state index in [0.717, 1.165) is 15.3 Å². The minimum Gasteiger partial charge on any atom is -0.344 e. The second kappa shape index (κ2) is 8.38. The highest BCUT2D eigenvalue weighted by atomic mass is 35.5. The number of thioether (sulfide) groups is 1. The Hall–Kier alpha value is -1.75. The van der Waals surface area contributed by atoms with Gasteiger partial charge in [-0.25, -0.2) is 0 Å². The molecule has 2 aromatic carbocycles. The monoisotopic (exact) mass is 373 g/mol. The summed E-state index contributed by atoms with van der Waals surface area (Å²) in [5, 5.41) is 5.83. The van der Waals surface area contributed by atoms with Gasteiger partial charge in [0.15, 0.2) is 0 Å². The Balaban J connectivity index is 1.69. The first-order valence-corrected chi connectivity index (χ1v) is 9.73. The van der Waals surface area contributed by atoms with Crippen LogP contribution >= 0.6 is 34.7 Å². The second-order valence-corrected chi connectivity index (χ2v) is 7.55. The highest BCUT2D eigenvalue weighted by Crippen LogP contribution is 2.28. The van der Waals surface area contributed by atoms with Crippen LogP contribution in [0.15, 0.2) is 77.0 Å². The molecule has 1 atom stereocenters. The van der Waals surface area contributed by atoms with Crippen LogP contribution in [0.25, 0.3) is 0 Å². The summed E-state index contributed by atoms with van der Waals surface area (Å²) in [6.45, 7) is 0. The third-order valence-electron chi connectivity index (χ3n) is 3.46. The lowest BCUT2D eigenvalue weighted by atomic mass is 10.1. The Morgan fingerprint density at radius 1 is 1.04 bits per heavy atom. The highest BCUT2D eigenvalue weighted by Gasteiger charge is 2.17. The number of amides is 1. The lowest BCUT2D eigenvalue weighted by molar-refractivity contribution is -0.119. The zero-order chi connectivity index (χ0) is 16.8. The van der Waals surface area contributed by atoms with Gasteiger partial charge >= 0.3 is 0 Å². The van der Waals surface area contributed by atoms with Gasteiger partial charge in [-0.1, -0.05) is 60.1 Å². The molecule has 0 aliphatic carbocycles. The fraction of sp³-hybridized carbons (Fsp3) is 0.105. The maximum atomic E-state index is 12.4. The summed E-state index contributed by atoms with van der Waals surface area (Å²) in [6, 6.07) is 21.5. The zero-order valence-electron chi connectivity index (χ0n) is 12.8. The van der Waals surface area contributed by atoms with Gasteiger partial charge in [0.25, 0.3) is 0 Å². The van der Waals surface area contributed by atoms with Crippen molar-refractivity contribution in [2.75, 3.05) is 5.75 Å². The summed E-state index contributed by atoms with van der Waals surface area (Å²) < 4.78 is 0. The Kier molecular flexibility index (Phi) is 5.96. The van der Waals surface area contributed by atoms with E-state index < -0.39 is 0 Å². The molecule has 0 radical (unpaired) electrons. The topological polar surface area (TPSA) is 29.1 Å². The molecule has 1 N–H and O–H groups in total. The first-order valence-electron chi connectivity index (χ1n) is 7.49. The third kappa shape index (κ3) is 4.41. The number of rotatable bonds is 6. The maximum absolute atomic E-state index is 12.4. The van der Waals surface area contributed by atoms with Crippen molar-refractivity contribution in [1.82, 2.24) is 5.32 Å². The van der Waals surface area contributed by atoms with Gasteiger partial charge in [-0.2, -0.15) is 0 Å². The molecule has 1 aromatic heterocycles. The summed E-state index contributed by atoms with van der Waals surface area (Å²) in [4.78, 5) is 14.5. The van der Waals surface area contributed by atoms with Crippen LogP contribution in [0.4, 0.5) is 0 Å². The number of carbonyl (C=O) groups is 1. The standard InChI is InChI=1S/C19H16ClNOS2/c20-15-9-4-5-10-16(15)24-13-18(22)21-19(17-11-6-12-23-17)14-7-2-1-3-8-14/h1-12,19H,13H2,(H,21,22)/t19-/m1/s1. The van der Waals surface area contributed by atoms with Crippen LogP contribution in [0.2, 0.25) is 5.02 Å². The molecule has 0 aliphatic heterocycles. The number of hydrogen-bond acceptors (Lipinski definition) is 3. The molecular weight excluding hydrogens is 358 g/mol. The predicted molar refractivity (Wildman–Crippen MR) is 103 cm³/mol. The minimum absolute atomic E-state index is 0.0119. The van der Waals surface area contributed by atoms with E-state index in [-0.39, 0.29) is 11.9 Å². The van der Waals surface area contributed by atoms with Gasteiger partial charge in [0.2, 0.25) is 5.91 Å². The number of carbonyl (C=O) groups excluding carboxylic acids is 1. The summed E-state index contributed by atoms with van der Waals surface area (Å²) in [5.41, 5.74) is 1.08. The number of nitrogens with one attached hydrogen (secondary N) is 1. The normalized spacial score (nSPS) is 11.9. The largest absolute Gasteiger partial charge is 0.344 e. The Bertz CT molecular complexity index is 790. The van der Waals surface area contributed by atoms with Crippen molar-refractivity contribution in [2.24, 2.45) is 0 Å². The van der Waals surface area contributed by atoms with Crippen LogP contribution in [-0.2, 0) is 4.79 Å². The fourth-order valence-electron chi connectivity index (χ4n) is 2.33. The number of hydrogen-bond donors (Lipinski definition) is 1. The molecule has 3 rings (SSSR count). The lowest BCUT2D eigenvalue weighted by Gasteiger charge is -2.18. The van der Waals surface area contributed by atoms with E-state index in [0.29, 0.717) is 10.8 Å². The highest BCUT2D eigenvalue weighted by molar-refractivity contribution is 8.00. The van der Waals surface area contributed by atoms with Crippen LogP contribution in [0.5, 0.6) is 0 Å². The Morgan fingerprint density at radius 2 is 1.79 bits per heavy atom. The lowest BCUT2D eigenvalue weighted by Crippen LogP contribution is -2.30. The molecule has 2 nitrogen and oxygen atoms in total. The van der Waals surface area contributed by atoms with Gasteiger partial charge in [0.05, 0.1) is 16.8 Å². The van der Waals surface area contributed by atoms with Gasteiger partial charge in [-0.15, -0.1) is 23.1 Å². The van der Waals surface area contributed by atoms with Gasteiger partial charge < -0.3 is 5.32 Å². The van der Waals surface area contributed by atoms with E-state index >= 15 is 0 Å². The molecular formula is C19H16ClNOS2. The van der Waals surface area contributed by atoms with Crippen molar-refractivity contribution in [1.29, 1.82) is 0 Å². The molecule has 1 amide bonds. The van der Waals surface area contributed by atoms with Crippen LogP contribution in [0.1, 0.15) is 16.5 Å². The molecule has 0 saturated heterocycles. The van der Waals surface area contributed by atoms with E-state index in [4.69, 9.17) is 11.6 Å². The summed E-state index contributed by atoms with van der Waals surface area (Å²) in [6.07, 6.45) is 0. The summed E-state index contributed by atoms with van der Waals surface area (Å²) >= 11 is 9.23. The van der Waals surface area contributed by atoms with Gasteiger partial charge in [0, 0.05) is 9.77 Å². The Labute approximate surface area is 154 Å². The van der Waals surface area contributed by atoms with Gasteiger partial charge in [-0.3, -0.25) is 4.79 Å². The molecule has 0 saturated carbocycles. The number of halogens is 1. The quantitative estimate of drug-likeness (QED) is 0.586. The molecule has 0 fully saturated rings. The van der Waals surface area contributed by atoms with Crippen LogP contribution in [-0.4, -0.2) is 11.7 Å². The predicted octanol–water partition coefficient (Wildman–Crippen LogP) is 5.40. The van der Waals surface area contributed by atoms with Crippen LogP contribution < -0.4 is 5.32 Å². The van der Waals surface area contributed by atoms with E-state index in [9.17, 15) is 4.79 Å². The zero-order valence-corrected chi connectivity index (χ0v) is 15.2. The van der Waals surface area contributed by atoms with Crippen molar-refractivity contribution in [2.45, 2.75) is 10.9 Å². The van der Waals surface area contributed by atoms with Crippen LogP contribution in [0, 0.1) is 0 Å². The molecule has 3 aromatic rings. The molecule has 1 heterocycles. The summed E-state index contributed by atoms with van der Waals surface area (Å²) in [7, 11) is 0. The first kappa shape index (κ1) is 17.1.